The molecule has 1 fully saturated rings. The molecule has 1 N–H and O–H groups in total. The molecular formula is C25H27FN2O4S. The van der Waals surface area contributed by atoms with E-state index >= 15 is 0 Å². The molecule has 1 aromatic carbocycles. The number of hydrogen-bond donors (Lipinski definition) is 1. The number of carbonyl (C=O) groups is 2. The van der Waals surface area contributed by atoms with Crippen molar-refractivity contribution in [2.75, 3.05) is 25.0 Å². The van der Waals surface area contributed by atoms with Gasteiger partial charge < -0.3 is 14.5 Å². The zero-order valence-electron chi connectivity index (χ0n) is 18.7. The van der Waals surface area contributed by atoms with Crippen molar-refractivity contribution in [3.8, 4) is 0 Å². The summed E-state index contributed by atoms with van der Waals surface area (Å²) in [6.07, 6.45) is 2.84. The normalized spacial score (nSPS) is 15.8. The fourth-order valence-electron chi connectivity index (χ4n) is 4.29. The number of piperidine rings is 1. The number of ether oxygens (including phenoxy) is 1. The van der Waals surface area contributed by atoms with Crippen LogP contribution in [0.5, 0.6) is 0 Å². The van der Waals surface area contributed by atoms with Gasteiger partial charge in [0.15, 0.2) is 5.76 Å². The van der Waals surface area contributed by atoms with E-state index in [9.17, 15) is 14.0 Å². The molecule has 1 saturated heterocycles. The van der Waals surface area contributed by atoms with E-state index in [1.807, 2.05) is 13.8 Å². The first-order chi connectivity index (χ1) is 16.0. The predicted molar refractivity (Wildman–Crippen MR) is 125 cm³/mol. The molecule has 1 aliphatic rings. The first-order valence-electron chi connectivity index (χ1n) is 11.1. The SMILES string of the molecule is CCOC(=O)C1CCN([C@@H](c2ccc(F)cc2)c2cc(C)sc2NC(=O)c2ccco2)CC1. The highest BCUT2D eigenvalue weighted by Gasteiger charge is 2.33. The highest BCUT2D eigenvalue weighted by molar-refractivity contribution is 7.16. The van der Waals surface area contributed by atoms with Crippen molar-refractivity contribution in [1.82, 2.24) is 4.90 Å². The molecule has 0 spiro atoms. The molecule has 174 valence electrons. The van der Waals surface area contributed by atoms with E-state index in [-0.39, 0.29) is 35.4 Å². The number of amides is 1. The fraction of sp³-hybridized carbons (Fsp3) is 0.360. The second kappa shape index (κ2) is 10.3. The molecule has 2 aromatic heterocycles. The third-order valence-corrected chi connectivity index (χ3v) is 6.83. The first kappa shape index (κ1) is 23.2. The molecule has 3 aromatic rings. The van der Waals surface area contributed by atoms with Gasteiger partial charge in [0.05, 0.1) is 24.8 Å². The molecule has 3 heterocycles. The molecule has 4 rings (SSSR count). The Morgan fingerprint density at radius 2 is 1.97 bits per heavy atom. The van der Waals surface area contributed by atoms with Crippen molar-refractivity contribution >= 4 is 28.2 Å². The van der Waals surface area contributed by atoms with Gasteiger partial charge in [-0.3, -0.25) is 14.5 Å². The molecule has 1 amide bonds. The topological polar surface area (TPSA) is 71.8 Å². The highest BCUT2D eigenvalue weighted by Crippen LogP contribution is 2.40. The quantitative estimate of drug-likeness (QED) is 0.468. The Labute approximate surface area is 196 Å². The lowest BCUT2D eigenvalue weighted by molar-refractivity contribution is -0.149. The Hall–Kier alpha value is -2.97. The van der Waals surface area contributed by atoms with Gasteiger partial charge in [-0.1, -0.05) is 12.1 Å². The fourth-order valence-corrected chi connectivity index (χ4v) is 5.23. The third kappa shape index (κ3) is 5.34. The van der Waals surface area contributed by atoms with Crippen LogP contribution in [0.4, 0.5) is 9.39 Å². The molecule has 0 bridgehead atoms. The summed E-state index contributed by atoms with van der Waals surface area (Å²) < 4.78 is 24.1. The average Bonchev–Trinajstić information content (AvgIpc) is 3.46. The van der Waals surface area contributed by atoms with Crippen LogP contribution in [0.3, 0.4) is 0 Å². The number of nitrogens with zero attached hydrogens (tertiary/aromatic N) is 1. The summed E-state index contributed by atoms with van der Waals surface area (Å²) in [5, 5.41) is 3.72. The largest absolute Gasteiger partial charge is 0.466 e. The number of aryl methyl sites for hydroxylation is 1. The maximum absolute atomic E-state index is 13.7. The lowest BCUT2D eigenvalue weighted by Crippen LogP contribution is -2.39. The third-order valence-electron chi connectivity index (χ3n) is 5.85. The van der Waals surface area contributed by atoms with Crippen LogP contribution in [0.1, 0.15) is 52.4 Å². The van der Waals surface area contributed by atoms with E-state index in [2.05, 4.69) is 16.3 Å². The molecule has 0 saturated carbocycles. The zero-order chi connectivity index (χ0) is 23.4. The van der Waals surface area contributed by atoms with Crippen molar-refractivity contribution in [2.24, 2.45) is 5.92 Å². The summed E-state index contributed by atoms with van der Waals surface area (Å²) >= 11 is 1.49. The maximum atomic E-state index is 13.7. The number of carbonyl (C=O) groups excluding carboxylic acids is 2. The minimum Gasteiger partial charge on any atom is -0.466 e. The number of likely N-dealkylation sites (tertiary alicyclic amines) is 1. The minimum atomic E-state index is -0.318. The molecule has 0 unspecified atom stereocenters. The number of nitrogens with one attached hydrogen (secondary N) is 1. The number of esters is 1. The Kier molecular flexibility index (Phi) is 7.25. The molecule has 0 radical (unpaired) electrons. The summed E-state index contributed by atoms with van der Waals surface area (Å²) in [5.74, 6) is -0.639. The molecule has 1 atom stereocenters. The van der Waals surface area contributed by atoms with E-state index in [1.165, 1.54) is 29.7 Å². The van der Waals surface area contributed by atoms with Gasteiger partial charge in [0.2, 0.25) is 0 Å². The van der Waals surface area contributed by atoms with Gasteiger partial charge in [-0.25, -0.2) is 4.39 Å². The Balaban J connectivity index is 1.63. The number of thiophene rings is 1. The van der Waals surface area contributed by atoms with Gasteiger partial charge in [0, 0.05) is 10.4 Å². The van der Waals surface area contributed by atoms with Crippen molar-refractivity contribution < 1.29 is 23.1 Å². The van der Waals surface area contributed by atoms with Crippen molar-refractivity contribution in [2.45, 2.75) is 32.7 Å². The second-order valence-electron chi connectivity index (χ2n) is 8.09. The molecule has 33 heavy (non-hydrogen) atoms. The van der Waals surface area contributed by atoms with Crippen LogP contribution in [0.15, 0.2) is 53.1 Å². The van der Waals surface area contributed by atoms with Crippen LogP contribution in [0, 0.1) is 18.7 Å². The van der Waals surface area contributed by atoms with E-state index in [4.69, 9.17) is 9.15 Å². The smallest absolute Gasteiger partial charge is 0.309 e. The van der Waals surface area contributed by atoms with Gasteiger partial charge in [-0.05, 0) is 75.7 Å². The zero-order valence-corrected chi connectivity index (χ0v) is 19.5. The lowest BCUT2D eigenvalue weighted by atomic mass is 9.91. The van der Waals surface area contributed by atoms with Gasteiger partial charge in [0.1, 0.15) is 10.8 Å². The molecule has 1 aliphatic heterocycles. The Morgan fingerprint density at radius 3 is 2.61 bits per heavy atom. The van der Waals surface area contributed by atoms with Crippen LogP contribution in [0.25, 0.3) is 0 Å². The number of furan rings is 1. The Morgan fingerprint density at radius 1 is 1.24 bits per heavy atom. The number of halogens is 1. The predicted octanol–water partition coefficient (Wildman–Crippen LogP) is 5.41. The van der Waals surface area contributed by atoms with Crippen LogP contribution in [-0.4, -0.2) is 36.5 Å². The first-order valence-corrected chi connectivity index (χ1v) is 11.9. The number of rotatable bonds is 7. The monoisotopic (exact) mass is 470 g/mol. The summed E-state index contributed by atoms with van der Waals surface area (Å²) in [6, 6.07) is 11.6. The minimum absolute atomic E-state index is 0.114. The summed E-state index contributed by atoms with van der Waals surface area (Å²) in [6.45, 7) is 5.56. The lowest BCUT2D eigenvalue weighted by Gasteiger charge is -2.37. The van der Waals surface area contributed by atoms with Gasteiger partial charge >= 0.3 is 5.97 Å². The van der Waals surface area contributed by atoms with Crippen LogP contribution in [0.2, 0.25) is 0 Å². The van der Waals surface area contributed by atoms with Crippen molar-refractivity contribution in [3.63, 3.8) is 0 Å². The van der Waals surface area contributed by atoms with Crippen molar-refractivity contribution in [3.05, 3.63) is 76.3 Å². The molecule has 6 nitrogen and oxygen atoms in total. The van der Waals surface area contributed by atoms with Crippen LogP contribution >= 0.6 is 11.3 Å². The van der Waals surface area contributed by atoms with Crippen LogP contribution < -0.4 is 5.32 Å². The number of anilines is 1. The van der Waals surface area contributed by atoms with Gasteiger partial charge in [-0.15, -0.1) is 11.3 Å². The van der Waals surface area contributed by atoms with E-state index in [1.54, 1.807) is 24.3 Å². The molecular weight excluding hydrogens is 443 g/mol. The summed E-state index contributed by atoms with van der Waals surface area (Å²) in [5.41, 5.74) is 1.87. The number of hydrogen-bond acceptors (Lipinski definition) is 6. The van der Waals surface area contributed by atoms with Gasteiger partial charge in [0.25, 0.3) is 5.91 Å². The Bertz CT molecular complexity index is 1090. The number of benzene rings is 1. The van der Waals surface area contributed by atoms with Gasteiger partial charge in [-0.2, -0.15) is 0 Å². The second-order valence-corrected chi connectivity index (χ2v) is 9.35. The maximum Gasteiger partial charge on any atom is 0.309 e. The van der Waals surface area contributed by atoms with Crippen molar-refractivity contribution in [1.29, 1.82) is 0 Å². The standard InChI is InChI=1S/C25H27FN2O4S/c1-3-31-25(30)18-10-12-28(13-11-18)22(17-6-8-19(26)9-7-17)20-15-16(2)33-24(20)27-23(29)21-5-4-14-32-21/h4-9,14-15,18,22H,3,10-13H2,1-2H3,(H,27,29)/t22-/m0/s1. The molecule has 0 aliphatic carbocycles. The molecule has 8 heteroatoms. The van der Waals surface area contributed by atoms with E-state index in [0.717, 1.165) is 21.0 Å². The summed E-state index contributed by atoms with van der Waals surface area (Å²) in [7, 11) is 0. The average molecular weight is 471 g/mol. The van der Waals surface area contributed by atoms with E-state index < -0.39 is 0 Å². The summed E-state index contributed by atoms with van der Waals surface area (Å²) in [4.78, 5) is 28.2. The highest BCUT2D eigenvalue weighted by atomic mass is 32.1. The van der Waals surface area contributed by atoms with E-state index in [0.29, 0.717) is 32.5 Å². The van der Waals surface area contributed by atoms with Crippen LogP contribution in [-0.2, 0) is 9.53 Å².